The van der Waals surface area contributed by atoms with Gasteiger partial charge in [-0.3, -0.25) is 4.98 Å². The summed E-state index contributed by atoms with van der Waals surface area (Å²) in [6.45, 7) is 0. The van der Waals surface area contributed by atoms with E-state index in [1.807, 2.05) is 0 Å². The second-order valence-corrected chi connectivity index (χ2v) is 2.75. The highest BCUT2D eigenvalue weighted by Gasteiger charge is 2.06. The van der Waals surface area contributed by atoms with Gasteiger partial charge in [-0.15, -0.1) is 0 Å². The Bertz CT molecular complexity index is 457. The van der Waals surface area contributed by atoms with Gasteiger partial charge in [0, 0.05) is 17.8 Å². The first-order valence-corrected chi connectivity index (χ1v) is 4.02. The van der Waals surface area contributed by atoms with Crippen LogP contribution in [0.15, 0.2) is 36.8 Å². The number of aromatic nitrogens is 2. The maximum absolute atomic E-state index is 10.9. The van der Waals surface area contributed by atoms with Crippen LogP contribution in [0.25, 0.3) is 11.1 Å². The molecule has 2 heterocycles. The maximum Gasteiger partial charge on any atom is 0.298 e. The molecule has 0 bridgehead atoms. The van der Waals surface area contributed by atoms with E-state index >= 15 is 0 Å². The van der Waals surface area contributed by atoms with Gasteiger partial charge in [-0.1, -0.05) is 0 Å². The minimum Gasteiger partial charge on any atom is -0.618 e. The zero-order valence-corrected chi connectivity index (χ0v) is 7.21. The average Bonchev–Trinajstić information content (AvgIpc) is 2.18. The smallest absolute Gasteiger partial charge is 0.298 e. The Kier molecular flexibility index (Phi) is 2.02. The van der Waals surface area contributed by atoms with Crippen molar-refractivity contribution in [2.24, 2.45) is 0 Å². The molecule has 2 aromatic rings. The molecule has 0 aliphatic heterocycles. The zero-order valence-electron chi connectivity index (χ0n) is 7.21. The number of hydrogen-bond acceptors (Lipinski definition) is 3. The first-order chi connectivity index (χ1) is 6.77. The van der Waals surface area contributed by atoms with Gasteiger partial charge >= 0.3 is 0 Å². The fourth-order valence-electron chi connectivity index (χ4n) is 1.17. The number of rotatable bonds is 1. The molecule has 4 nitrogen and oxygen atoms in total. The molecule has 0 aromatic carbocycles. The largest absolute Gasteiger partial charge is 0.618 e. The Morgan fingerprint density at radius 1 is 1.43 bits per heavy atom. The number of aromatic hydroxyl groups is 1. The average molecular weight is 187 g/mol. The summed E-state index contributed by atoms with van der Waals surface area (Å²) in [5, 5.41) is 20.4. The van der Waals surface area contributed by atoms with Crippen molar-refractivity contribution in [3.05, 3.63) is 48.2 Å². The van der Waals surface area contributed by atoms with Gasteiger partial charge in [0.1, 0.15) is 5.75 Å². The topological polar surface area (TPSA) is 60.1 Å². The van der Waals surface area contributed by atoms with Crippen LogP contribution in [-0.2, 0) is 0 Å². The summed E-state index contributed by atoms with van der Waals surface area (Å²) >= 11 is 0. The summed E-state index contributed by atoms with van der Waals surface area (Å²) in [5.74, 6) is 0.0370. The normalized spacial score (nSPS) is 10.0. The van der Waals surface area contributed by atoms with Crippen LogP contribution < -0.4 is 4.73 Å². The van der Waals surface area contributed by atoms with Crippen molar-refractivity contribution in [3.8, 4) is 16.9 Å². The summed E-state index contributed by atoms with van der Waals surface area (Å²) < 4.78 is 0.565. The van der Waals surface area contributed by atoms with E-state index in [0.29, 0.717) is 15.9 Å². The minimum atomic E-state index is 0.0370. The Morgan fingerprint density at radius 2 is 2.29 bits per heavy atom. The quantitative estimate of drug-likeness (QED) is 0.532. The predicted octanol–water partition coefficient (Wildman–Crippen LogP) is 0.888. The van der Waals surface area contributed by atoms with Gasteiger partial charge < -0.3 is 10.3 Å². The van der Waals surface area contributed by atoms with E-state index in [-0.39, 0.29) is 5.75 Å². The molecule has 0 aliphatic rings. The van der Waals surface area contributed by atoms with E-state index in [9.17, 15) is 10.3 Å². The van der Waals surface area contributed by atoms with Crippen molar-refractivity contribution in [1.29, 1.82) is 0 Å². The summed E-state index contributed by atoms with van der Waals surface area (Å²) in [6, 6.07) is 4.92. The van der Waals surface area contributed by atoms with E-state index in [4.69, 9.17) is 0 Å². The Hall–Kier alpha value is -2.10. The third-order valence-electron chi connectivity index (χ3n) is 1.81. The summed E-state index contributed by atoms with van der Waals surface area (Å²) in [6.07, 6.45) is 6.74. The molecule has 0 spiro atoms. The fraction of sp³-hybridized carbons (Fsp3) is 0. The van der Waals surface area contributed by atoms with E-state index in [2.05, 4.69) is 11.2 Å². The van der Waals surface area contributed by atoms with Gasteiger partial charge in [0.2, 0.25) is 0 Å². The van der Waals surface area contributed by atoms with Gasteiger partial charge in [-0.05, 0) is 12.1 Å². The van der Waals surface area contributed by atoms with Crippen molar-refractivity contribution in [2.75, 3.05) is 0 Å². The van der Waals surface area contributed by atoms with Crippen molar-refractivity contribution in [1.82, 2.24) is 4.98 Å². The summed E-state index contributed by atoms with van der Waals surface area (Å²) in [5.41, 5.74) is 1.09. The first kappa shape index (κ1) is 8.50. The number of pyridine rings is 2. The molecular formula is C10H7N2O2. The molecule has 0 atom stereocenters. The van der Waals surface area contributed by atoms with Crippen LogP contribution in [-0.4, -0.2) is 10.1 Å². The van der Waals surface area contributed by atoms with Crippen molar-refractivity contribution >= 4 is 0 Å². The lowest BCUT2D eigenvalue weighted by atomic mass is 10.1. The maximum atomic E-state index is 10.9. The highest BCUT2D eigenvalue weighted by atomic mass is 16.5. The SMILES string of the molecule is [O-][n+]1[c]c(-c2ccncc2O)ccc1. The first-order valence-electron chi connectivity index (χ1n) is 4.02. The van der Waals surface area contributed by atoms with Crippen LogP contribution in [0.4, 0.5) is 0 Å². The second-order valence-electron chi connectivity index (χ2n) is 2.75. The molecule has 0 amide bonds. The molecule has 2 aromatic heterocycles. The Morgan fingerprint density at radius 3 is 3.00 bits per heavy atom. The number of hydrogen-bond donors (Lipinski definition) is 1. The molecular weight excluding hydrogens is 180 g/mol. The lowest BCUT2D eigenvalue weighted by Gasteiger charge is -2.01. The highest BCUT2D eigenvalue weighted by molar-refractivity contribution is 5.67. The van der Waals surface area contributed by atoms with Gasteiger partial charge in [-0.2, -0.15) is 4.73 Å². The molecule has 14 heavy (non-hydrogen) atoms. The van der Waals surface area contributed by atoms with Crippen LogP contribution in [0.5, 0.6) is 5.75 Å². The molecule has 4 heteroatoms. The van der Waals surface area contributed by atoms with Gasteiger partial charge in [0.05, 0.1) is 11.8 Å². The van der Waals surface area contributed by atoms with E-state index in [0.717, 1.165) is 0 Å². The van der Waals surface area contributed by atoms with Crippen molar-refractivity contribution < 1.29 is 9.84 Å². The molecule has 69 valence electrons. The molecule has 1 N–H and O–H groups in total. The van der Waals surface area contributed by atoms with Crippen LogP contribution >= 0.6 is 0 Å². The van der Waals surface area contributed by atoms with Gasteiger partial charge in [-0.25, -0.2) is 0 Å². The molecule has 0 saturated heterocycles. The molecule has 0 fully saturated rings. The number of nitrogens with zero attached hydrogens (tertiary/aromatic N) is 2. The molecule has 0 unspecified atom stereocenters. The summed E-state index contributed by atoms with van der Waals surface area (Å²) in [7, 11) is 0. The Labute approximate surface area is 80.7 Å². The van der Waals surface area contributed by atoms with Crippen molar-refractivity contribution in [2.45, 2.75) is 0 Å². The molecule has 1 radical (unpaired) electrons. The van der Waals surface area contributed by atoms with E-state index in [1.165, 1.54) is 12.4 Å². The third kappa shape index (κ3) is 1.50. The second kappa shape index (κ2) is 3.33. The Balaban J connectivity index is 2.55. The molecule has 0 saturated carbocycles. The zero-order chi connectivity index (χ0) is 9.97. The van der Waals surface area contributed by atoms with E-state index < -0.39 is 0 Å². The minimum absolute atomic E-state index is 0.0370. The fourth-order valence-corrected chi connectivity index (χ4v) is 1.17. The predicted molar refractivity (Wildman–Crippen MR) is 49.1 cm³/mol. The van der Waals surface area contributed by atoms with Gasteiger partial charge in [0.25, 0.3) is 6.20 Å². The standard InChI is InChI=1S/C10H7N2O2/c13-10-6-11-4-3-9(10)8-2-1-5-12(14)7-8/h1-6,13H. The molecule has 2 rings (SSSR count). The highest BCUT2D eigenvalue weighted by Crippen LogP contribution is 2.25. The lowest BCUT2D eigenvalue weighted by Crippen LogP contribution is -2.24. The van der Waals surface area contributed by atoms with Gasteiger partial charge in [0.15, 0.2) is 6.20 Å². The monoisotopic (exact) mass is 187 g/mol. The van der Waals surface area contributed by atoms with Crippen LogP contribution in [0.2, 0.25) is 0 Å². The van der Waals surface area contributed by atoms with E-state index in [1.54, 1.807) is 24.4 Å². The third-order valence-corrected chi connectivity index (χ3v) is 1.81. The van der Waals surface area contributed by atoms with Crippen molar-refractivity contribution in [3.63, 3.8) is 0 Å². The summed E-state index contributed by atoms with van der Waals surface area (Å²) in [4.78, 5) is 3.74. The van der Waals surface area contributed by atoms with Crippen LogP contribution in [0, 0.1) is 11.4 Å². The molecule has 0 aliphatic carbocycles. The van der Waals surface area contributed by atoms with Crippen LogP contribution in [0.3, 0.4) is 0 Å². The van der Waals surface area contributed by atoms with Crippen LogP contribution in [0.1, 0.15) is 0 Å². The lowest BCUT2D eigenvalue weighted by molar-refractivity contribution is -0.609.